The zero-order valence-corrected chi connectivity index (χ0v) is 24.3. The molecule has 4 rings (SSSR count). The molecule has 1 aromatic carbocycles. The van der Waals surface area contributed by atoms with Crippen LogP contribution in [0.15, 0.2) is 53.6 Å². The average molecular weight is 672 g/mol. The standard InChI is InChI=1S/C12H17.C10H9.C3H7.2BrH.Hf/c1-2-5-10-8-9-11-6-3-4-7-12(10)11;1-8-6-7-9-4-2-3-5-10(8)9;1-3-2;;;/h8-9H,2-7H2,1H3;2-7H,1H3;1,3H2,2H3;2*1H;/q;;;;;+2/p-2. The van der Waals surface area contributed by atoms with Gasteiger partial charge in [0, 0.05) is 0 Å². The summed E-state index contributed by atoms with van der Waals surface area (Å²) in [6.45, 7) is 7.29. The van der Waals surface area contributed by atoms with E-state index in [1.54, 1.807) is 11.1 Å². The van der Waals surface area contributed by atoms with Gasteiger partial charge in [-0.1, -0.05) is 0 Å². The Kier molecular flexibility index (Phi) is 5.72. The molecule has 3 aliphatic carbocycles. The van der Waals surface area contributed by atoms with E-state index in [0.717, 1.165) is 0 Å². The molecule has 0 fully saturated rings. The van der Waals surface area contributed by atoms with E-state index in [-0.39, 0.29) is 6.34 Å². The summed E-state index contributed by atoms with van der Waals surface area (Å²) in [6.07, 6.45) is 19.1. The first kappa shape index (κ1) is 21.5. The number of benzene rings is 1. The predicted molar refractivity (Wildman–Crippen MR) is 128 cm³/mol. The van der Waals surface area contributed by atoms with Gasteiger partial charge in [0.25, 0.3) is 0 Å². The molecular formula is C25H33Br2Hf. The van der Waals surface area contributed by atoms with E-state index in [1.165, 1.54) is 60.3 Å². The van der Waals surface area contributed by atoms with Crippen LogP contribution in [0.4, 0.5) is 0 Å². The van der Waals surface area contributed by atoms with Gasteiger partial charge in [0.05, 0.1) is 0 Å². The quantitative estimate of drug-likeness (QED) is 0.265. The van der Waals surface area contributed by atoms with Gasteiger partial charge in [-0.2, -0.15) is 0 Å². The molecule has 3 aliphatic rings. The molecule has 151 valence electrons. The van der Waals surface area contributed by atoms with Crippen molar-refractivity contribution in [2.45, 2.75) is 76.2 Å². The van der Waals surface area contributed by atoms with Crippen LogP contribution in [0.5, 0.6) is 0 Å². The third kappa shape index (κ3) is 2.67. The van der Waals surface area contributed by atoms with Crippen molar-refractivity contribution < 1.29 is 13.8 Å². The molecule has 0 aromatic heterocycles. The van der Waals surface area contributed by atoms with Gasteiger partial charge >= 0.3 is 186 Å². The van der Waals surface area contributed by atoms with Crippen LogP contribution in [0.25, 0.3) is 6.08 Å². The van der Waals surface area contributed by atoms with Gasteiger partial charge in [-0.25, -0.2) is 0 Å². The Balaban J connectivity index is 2.00. The Morgan fingerprint density at radius 3 is 2.46 bits per heavy atom. The summed E-state index contributed by atoms with van der Waals surface area (Å²) in [6, 6.07) is 9.09. The number of allylic oxidation sites excluding steroid dienone is 5. The zero-order valence-electron chi connectivity index (χ0n) is 17.5. The van der Waals surface area contributed by atoms with Gasteiger partial charge in [0.2, 0.25) is 0 Å². The summed E-state index contributed by atoms with van der Waals surface area (Å²) in [5, 5.41) is 0. The van der Waals surface area contributed by atoms with Crippen LogP contribution < -0.4 is 0 Å². The van der Waals surface area contributed by atoms with Gasteiger partial charge < -0.3 is 0 Å². The van der Waals surface area contributed by atoms with E-state index in [1.807, 2.05) is 0 Å². The van der Waals surface area contributed by atoms with E-state index in [9.17, 15) is 0 Å². The normalized spacial score (nSPS) is 30.2. The molecule has 0 saturated heterocycles. The van der Waals surface area contributed by atoms with Crippen LogP contribution in [0, 0.1) is 0 Å². The summed E-state index contributed by atoms with van der Waals surface area (Å²) in [4.78, 5) is 0. The summed E-state index contributed by atoms with van der Waals surface area (Å²) in [7, 11) is 0. The molecule has 2 atom stereocenters. The van der Waals surface area contributed by atoms with Crippen LogP contribution >= 0.6 is 24.6 Å². The summed E-state index contributed by atoms with van der Waals surface area (Å²) < 4.78 is 1.56. The number of rotatable bonds is 6. The first-order valence-corrected chi connectivity index (χ1v) is 32.9. The van der Waals surface area contributed by atoms with Crippen molar-refractivity contribution in [2.24, 2.45) is 0 Å². The van der Waals surface area contributed by atoms with Crippen molar-refractivity contribution in [3.8, 4) is 0 Å². The van der Waals surface area contributed by atoms with Crippen LogP contribution in [0.3, 0.4) is 0 Å². The maximum absolute atomic E-state index is 4.75. The minimum atomic E-state index is -4.01. The van der Waals surface area contributed by atoms with E-state index in [4.69, 9.17) is 24.6 Å². The maximum atomic E-state index is 4.75. The van der Waals surface area contributed by atoms with Gasteiger partial charge in [-0.3, -0.25) is 0 Å². The molecular weight excluding hydrogens is 639 g/mol. The average Bonchev–Trinajstić information content (AvgIpc) is 3.24. The Morgan fingerprint density at radius 1 is 0.964 bits per heavy atom. The van der Waals surface area contributed by atoms with Crippen LogP contribution in [0.2, 0.25) is 7.35 Å². The Hall–Kier alpha value is 0.270. The van der Waals surface area contributed by atoms with Crippen molar-refractivity contribution in [2.75, 3.05) is 0 Å². The van der Waals surface area contributed by atoms with Gasteiger partial charge in [-0.15, -0.1) is 0 Å². The fourth-order valence-electron chi connectivity index (χ4n) is 6.57. The Labute approximate surface area is 184 Å². The van der Waals surface area contributed by atoms with E-state index >= 15 is 0 Å². The number of fused-ring (bicyclic) bond motifs is 1. The second-order valence-electron chi connectivity index (χ2n) is 9.33. The Morgan fingerprint density at radius 2 is 1.71 bits per heavy atom. The second kappa shape index (κ2) is 7.45. The van der Waals surface area contributed by atoms with Crippen molar-refractivity contribution in [1.82, 2.24) is 0 Å². The summed E-state index contributed by atoms with van der Waals surface area (Å²) >= 11 is 5.49. The molecule has 28 heavy (non-hydrogen) atoms. The van der Waals surface area contributed by atoms with Crippen LogP contribution in [0.1, 0.15) is 76.8 Å². The first-order valence-electron chi connectivity index (χ1n) is 11.1. The summed E-state index contributed by atoms with van der Waals surface area (Å²) in [5.41, 5.74) is 6.39. The first-order chi connectivity index (χ1) is 13.3. The molecule has 0 spiro atoms. The van der Waals surface area contributed by atoms with Gasteiger partial charge in [0.1, 0.15) is 0 Å². The van der Waals surface area contributed by atoms with Crippen LogP contribution in [-0.2, 0) is 17.0 Å². The van der Waals surface area contributed by atoms with Crippen LogP contribution in [-0.4, -0.2) is 0 Å². The van der Waals surface area contributed by atoms with Crippen molar-refractivity contribution >= 4 is 30.7 Å². The Bertz CT molecular complexity index is 878. The monoisotopic (exact) mass is 671 g/mol. The molecule has 0 nitrogen and oxygen atoms in total. The van der Waals surface area contributed by atoms with E-state index in [2.05, 4.69) is 69.3 Å². The predicted octanol–water partition coefficient (Wildman–Crippen LogP) is 9.47. The van der Waals surface area contributed by atoms with E-state index < -0.39 is 13.8 Å². The molecule has 0 amide bonds. The topological polar surface area (TPSA) is 0 Å². The van der Waals surface area contributed by atoms with Crippen molar-refractivity contribution in [1.29, 1.82) is 0 Å². The number of hydrogen-bond acceptors (Lipinski definition) is 0. The third-order valence-corrected chi connectivity index (χ3v) is 62.2. The summed E-state index contributed by atoms with van der Waals surface area (Å²) in [5.74, 6) is 0. The SMILES string of the molecule is CCC[C]1([Hf]([Br])([Br])([CH2]CC)[C]2(C)C=Cc3ccccc32)C=CC2=C1CCCC2. The molecule has 0 aliphatic heterocycles. The third-order valence-electron chi connectivity index (χ3n) is 7.96. The molecule has 0 N–H and O–H groups in total. The molecule has 0 saturated carbocycles. The molecule has 0 radical (unpaired) electrons. The van der Waals surface area contributed by atoms with Crippen molar-refractivity contribution in [3.05, 3.63) is 64.8 Å². The number of halogens is 2. The molecule has 0 heterocycles. The fourth-order valence-corrected chi connectivity index (χ4v) is 49.5. The molecule has 3 heteroatoms. The molecule has 0 bridgehead atoms. The zero-order chi connectivity index (χ0) is 20.1. The van der Waals surface area contributed by atoms with Gasteiger partial charge in [-0.05, 0) is 0 Å². The fraction of sp³-hybridized carbons (Fsp3) is 0.520. The van der Waals surface area contributed by atoms with Crippen molar-refractivity contribution in [3.63, 3.8) is 0 Å². The number of hydrogen-bond donors (Lipinski definition) is 0. The van der Waals surface area contributed by atoms with Gasteiger partial charge in [0.15, 0.2) is 0 Å². The minimum absolute atomic E-state index is 0.0726. The molecule has 1 aromatic rings. The second-order valence-corrected chi connectivity index (χ2v) is 64.0. The van der Waals surface area contributed by atoms with E-state index in [0.29, 0.717) is 0 Å². The molecule has 2 unspecified atom stereocenters.